The lowest BCUT2D eigenvalue weighted by atomic mass is 10.1. The van der Waals surface area contributed by atoms with Crippen LogP contribution < -0.4 is 0 Å². The lowest BCUT2D eigenvalue weighted by molar-refractivity contribution is -0.136. The van der Waals surface area contributed by atoms with Crippen molar-refractivity contribution in [1.29, 1.82) is 0 Å². The maximum absolute atomic E-state index is 11.2. The number of esters is 1. The van der Waals surface area contributed by atoms with Crippen LogP contribution in [0.25, 0.3) is 0 Å². The largest absolute Gasteiger partial charge is 0.465 e. The zero-order chi connectivity index (χ0) is 10.6. The van der Waals surface area contributed by atoms with Gasteiger partial charge in [0.25, 0.3) is 0 Å². The summed E-state index contributed by atoms with van der Waals surface area (Å²) in [5.41, 5.74) is 2.88. The number of allylic oxidation sites excluding steroid dienone is 2. The SMILES string of the molecule is COC([O])=C1C=C=CC=C1OC(C)=O. The molecule has 0 bridgehead atoms. The summed E-state index contributed by atoms with van der Waals surface area (Å²) in [5, 5.41) is 11.2. The van der Waals surface area contributed by atoms with Gasteiger partial charge in [-0.15, -0.1) is 5.73 Å². The third kappa shape index (κ3) is 2.28. The summed E-state index contributed by atoms with van der Waals surface area (Å²) in [7, 11) is 1.26. The fraction of sp³-hybridized carbons (Fsp3) is 0.200. The summed E-state index contributed by atoms with van der Waals surface area (Å²) >= 11 is 0. The predicted molar refractivity (Wildman–Crippen MR) is 47.2 cm³/mol. The number of ether oxygens (including phenoxy) is 2. The van der Waals surface area contributed by atoms with Crippen LogP contribution in [0.2, 0.25) is 0 Å². The zero-order valence-electron chi connectivity index (χ0n) is 7.87. The van der Waals surface area contributed by atoms with E-state index in [-0.39, 0.29) is 11.3 Å². The molecule has 0 aliphatic heterocycles. The van der Waals surface area contributed by atoms with E-state index >= 15 is 0 Å². The third-order valence-electron chi connectivity index (χ3n) is 1.48. The smallest absolute Gasteiger partial charge is 0.342 e. The maximum Gasteiger partial charge on any atom is 0.342 e. The van der Waals surface area contributed by atoms with Crippen molar-refractivity contribution in [3.63, 3.8) is 0 Å². The Balaban J connectivity index is 3.01. The van der Waals surface area contributed by atoms with Gasteiger partial charge in [0.2, 0.25) is 0 Å². The minimum atomic E-state index is -0.557. The molecule has 0 fully saturated rings. The Labute approximate surface area is 81.4 Å². The van der Waals surface area contributed by atoms with Crippen LogP contribution in [0.15, 0.2) is 41.2 Å². The molecule has 0 heterocycles. The monoisotopic (exact) mass is 193 g/mol. The van der Waals surface area contributed by atoms with Crippen LogP contribution in [0, 0.1) is 0 Å². The van der Waals surface area contributed by atoms with Crippen LogP contribution in [-0.4, -0.2) is 13.1 Å². The third-order valence-corrected chi connectivity index (χ3v) is 1.48. The maximum atomic E-state index is 11.2. The summed E-state index contributed by atoms with van der Waals surface area (Å²) < 4.78 is 9.32. The molecule has 14 heavy (non-hydrogen) atoms. The first kappa shape index (κ1) is 10.2. The number of methoxy groups -OCH3 is 1. The number of hydrogen-bond acceptors (Lipinski definition) is 3. The van der Waals surface area contributed by atoms with E-state index in [4.69, 9.17) is 4.74 Å². The van der Waals surface area contributed by atoms with Gasteiger partial charge in [0.15, 0.2) is 0 Å². The molecule has 73 valence electrons. The molecule has 1 aliphatic rings. The van der Waals surface area contributed by atoms with Crippen molar-refractivity contribution in [2.24, 2.45) is 0 Å². The van der Waals surface area contributed by atoms with Crippen LogP contribution in [0.5, 0.6) is 0 Å². The van der Waals surface area contributed by atoms with E-state index in [0.29, 0.717) is 0 Å². The molecule has 0 amide bonds. The van der Waals surface area contributed by atoms with Crippen LogP contribution >= 0.6 is 0 Å². The predicted octanol–water partition coefficient (Wildman–Crippen LogP) is 1.45. The molecule has 1 radical (unpaired) electrons. The van der Waals surface area contributed by atoms with Gasteiger partial charge < -0.3 is 9.47 Å². The molecule has 0 N–H and O–H groups in total. The number of carbonyl (C=O) groups excluding carboxylic acids is 1. The van der Waals surface area contributed by atoms with Crippen molar-refractivity contribution in [2.45, 2.75) is 6.92 Å². The average molecular weight is 193 g/mol. The first-order valence-electron chi connectivity index (χ1n) is 3.92. The van der Waals surface area contributed by atoms with Gasteiger partial charge in [0, 0.05) is 6.92 Å². The average Bonchev–Trinajstić information content (AvgIpc) is 2.16. The van der Waals surface area contributed by atoms with Gasteiger partial charge in [0.1, 0.15) is 11.3 Å². The second kappa shape index (κ2) is 4.35. The van der Waals surface area contributed by atoms with E-state index in [1.54, 1.807) is 6.08 Å². The van der Waals surface area contributed by atoms with Crippen LogP contribution in [-0.2, 0) is 19.4 Å². The molecule has 0 aromatic rings. The molecular weight excluding hydrogens is 184 g/mol. The second-order valence-electron chi connectivity index (χ2n) is 2.51. The quantitative estimate of drug-likeness (QED) is 0.379. The highest BCUT2D eigenvalue weighted by Gasteiger charge is 2.15. The fourth-order valence-corrected chi connectivity index (χ4v) is 0.929. The Morgan fingerprint density at radius 2 is 2.21 bits per heavy atom. The molecule has 0 saturated carbocycles. The standard InChI is InChI=1S/C10H9O4/c1-7(11)14-9-6-4-3-5-8(9)10(12)13-2/h4-6H,1-2H3. The van der Waals surface area contributed by atoms with E-state index in [1.165, 1.54) is 26.2 Å². The van der Waals surface area contributed by atoms with Crippen LogP contribution in [0.1, 0.15) is 6.92 Å². The highest BCUT2D eigenvalue weighted by molar-refractivity contribution is 5.68. The van der Waals surface area contributed by atoms with E-state index in [2.05, 4.69) is 10.5 Å². The van der Waals surface area contributed by atoms with E-state index in [9.17, 15) is 9.90 Å². The first-order valence-corrected chi connectivity index (χ1v) is 3.92. The number of hydrogen-bond donors (Lipinski definition) is 0. The Morgan fingerprint density at radius 1 is 1.50 bits per heavy atom. The summed E-state index contributed by atoms with van der Waals surface area (Å²) in [6, 6.07) is 0. The molecule has 4 heteroatoms. The van der Waals surface area contributed by atoms with Crippen molar-refractivity contribution < 1.29 is 19.4 Å². The second-order valence-corrected chi connectivity index (χ2v) is 2.51. The van der Waals surface area contributed by atoms with Crippen molar-refractivity contribution >= 4 is 5.97 Å². The Bertz CT molecular complexity index is 368. The fourth-order valence-electron chi connectivity index (χ4n) is 0.929. The lowest BCUT2D eigenvalue weighted by Gasteiger charge is -2.08. The molecule has 0 unspecified atom stereocenters. The molecule has 0 aromatic carbocycles. The number of rotatable bonds is 2. The van der Waals surface area contributed by atoms with E-state index in [1.807, 2.05) is 0 Å². The van der Waals surface area contributed by atoms with Gasteiger partial charge >= 0.3 is 11.9 Å². The van der Waals surface area contributed by atoms with Gasteiger partial charge in [-0.05, 0) is 18.2 Å². The minimum absolute atomic E-state index is 0.183. The summed E-state index contributed by atoms with van der Waals surface area (Å²) in [4.78, 5) is 10.7. The zero-order valence-corrected chi connectivity index (χ0v) is 7.87. The summed E-state index contributed by atoms with van der Waals surface area (Å²) in [6.07, 6.45) is 4.43. The molecule has 0 spiro atoms. The Kier molecular flexibility index (Phi) is 3.15. The molecule has 0 saturated heterocycles. The van der Waals surface area contributed by atoms with Crippen molar-refractivity contribution in [3.8, 4) is 0 Å². The minimum Gasteiger partial charge on any atom is -0.465 e. The summed E-state index contributed by atoms with van der Waals surface area (Å²) in [5.74, 6) is -0.859. The normalized spacial score (nSPS) is 17.4. The lowest BCUT2D eigenvalue weighted by Crippen LogP contribution is -2.04. The Hall–Kier alpha value is -1.93. The number of carbonyl (C=O) groups is 1. The Morgan fingerprint density at radius 3 is 2.79 bits per heavy atom. The van der Waals surface area contributed by atoms with Gasteiger partial charge in [-0.3, -0.25) is 4.79 Å². The van der Waals surface area contributed by atoms with Gasteiger partial charge in [-0.25, -0.2) is 5.11 Å². The molecule has 0 aromatic heterocycles. The highest BCUT2D eigenvalue weighted by Crippen LogP contribution is 2.19. The van der Waals surface area contributed by atoms with Gasteiger partial charge in [0.05, 0.1) is 7.11 Å². The summed E-state index contributed by atoms with van der Waals surface area (Å²) in [6.45, 7) is 1.26. The molecule has 0 atom stereocenters. The molecule has 4 nitrogen and oxygen atoms in total. The van der Waals surface area contributed by atoms with Crippen LogP contribution in [0.3, 0.4) is 0 Å². The van der Waals surface area contributed by atoms with E-state index < -0.39 is 11.9 Å². The van der Waals surface area contributed by atoms with Crippen molar-refractivity contribution in [3.05, 3.63) is 41.2 Å². The van der Waals surface area contributed by atoms with Gasteiger partial charge in [-0.1, -0.05) is 0 Å². The van der Waals surface area contributed by atoms with Gasteiger partial charge in [-0.2, -0.15) is 0 Å². The van der Waals surface area contributed by atoms with Crippen molar-refractivity contribution in [2.75, 3.05) is 7.11 Å². The van der Waals surface area contributed by atoms with Crippen LogP contribution in [0.4, 0.5) is 0 Å². The van der Waals surface area contributed by atoms with Crippen molar-refractivity contribution in [1.82, 2.24) is 0 Å². The molecule has 1 aliphatic carbocycles. The van der Waals surface area contributed by atoms with E-state index in [0.717, 1.165) is 0 Å². The topological polar surface area (TPSA) is 55.4 Å². The molecule has 1 rings (SSSR count). The molecular formula is C10H9O4. The first-order chi connectivity index (χ1) is 6.65. The highest BCUT2D eigenvalue weighted by atomic mass is 16.6.